The average molecular weight is 362 g/mol. The number of hydrogen-bond acceptors (Lipinski definition) is 4. The van der Waals surface area contributed by atoms with Crippen LogP contribution in [-0.2, 0) is 11.3 Å². The smallest absolute Gasteiger partial charge is 0.262 e. The molecule has 0 aliphatic heterocycles. The number of anilines is 1. The van der Waals surface area contributed by atoms with Crippen LogP contribution in [-0.4, -0.2) is 15.5 Å². The molecule has 3 aromatic rings. The van der Waals surface area contributed by atoms with Gasteiger partial charge >= 0.3 is 0 Å². The molecule has 0 unspecified atom stereocenters. The molecule has 0 radical (unpaired) electrons. The van der Waals surface area contributed by atoms with E-state index in [0.29, 0.717) is 23.4 Å². The quantitative estimate of drug-likeness (QED) is 0.540. The number of hydrogen-bond donors (Lipinski definition) is 2. The second-order valence-corrected chi connectivity index (χ2v) is 6.31. The van der Waals surface area contributed by atoms with Gasteiger partial charge in [-0.05, 0) is 50.1 Å². The van der Waals surface area contributed by atoms with E-state index in [-0.39, 0.29) is 11.5 Å². The van der Waals surface area contributed by atoms with Crippen LogP contribution >= 0.6 is 0 Å². The molecule has 0 aliphatic rings. The Hall–Kier alpha value is -3.41. The second-order valence-electron chi connectivity index (χ2n) is 6.31. The van der Waals surface area contributed by atoms with Gasteiger partial charge in [0.05, 0.1) is 10.9 Å². The number of nitrogens with one attached hydrogen (secondary N) is 2. The molecule has 0 saturated heterocycles. The normalized spacial score (nSPS) is 11.1. The Bertz CT molecular complexity index is 1080. The van der Waals surface area contributed by atoms with Crippen molar-refractivity contribution in [2.24, 2.45) is 0 Å². The number of aryl methyl sites for hydroxylation is 2. The van der Waals surface area contributed by atoms with Crippen LogP contribution in [0, 0.1) is 13.8 Å². The molecular weight excluding hydrogens is 340 g/mol. The van der Waals surface area contributed by atoms with Gasteiger partial charge in [-0.25, -0.2) is 4.98 Å². The maximum Gasteiger partial charge on any atom is 0.262 e. The summed E-state index contributed by atoms with van der Waals surface area (Å²) in [5, 5.41) is 0.547. The van der Waals surface area contributed by atoms with Crippen molar-refractivity contribution in [2.75, 3.05) is 5.43 Å². The number of carbonyl (C=O) groups is 1. The molecule has 6 heteroatoms. The van der Waals surface area contributed by atoms with E-state index in [1.165, 1.54) is 16.2 Å². The first-order valence-electron chi connectivity index (χ1n) is 8.80. The lowest BCUT2D eigenvalue weighted by molar-refractivity contribution is -0.116. The zero-order valence-electron chi connectivity index (χ0n) is 15.6. The minimum absolute atomic E-state index is 0.148. The van der Waals surface area contributed by atoms with Gasteiger partial charge < -0.3 is 0 Å². The van der Waals surface area contributed by atoms with Crippen molar-refractivity contribution < 1.29 is 4.79 Å². The van der Waals surface area contributed by atoms with Crippen molar-refractivity contribution in [1.82, 2.24) is 15.0 Å². The summed E-state index contributed by atoms with van der Waals surface area (Å²) in [4.78, 5) is 29.1. The SMILES string of the molecule is CCn1c(NNC(=O)/C=C/c2ccc(C)cc2C)nc2ccccc2c1=O. The van der Waals surface area contributed by atoms with Gasteiger partial charge in [-0.1, -0.05) is 35.9 Å². The largest absolute Gasteiger partial charge is 0.277 e. The lowest BCUT2D eigenvalue weighted by atomic mass is 10.1. The molecule has 3 rings (SSSR count). The highest BCUT2D eigenvalue weighted by molar-refractivity contribution is 5.92. The Morgan fingerprint density at radius 1 is 1.19 bits per heavy atom. The second kappa shape index (κ2) is 7.86. The number of fused-ring (bicyclic) bond motifs is 1. The van der Waals surface area contributed by atoms with E-state index in [0.717, 1.165) is 11.1 Å². The summed E-state index contributed by atoms with van der Waals surface area (Å²) in [6.45, 7) is 6.32. The molecule has 0 bridgehead atoms. The monoisotopic (exact) mass is 362 g/mol. The number of nitrogens with zero attached hydrogens (tertiary/aromatic N) is 2. The Kier molecular flexibility index (Phi) is 5.35. The van der Waals surface area contributed by atoms with E-state index in [4.69, 9.17) is 0 Å². The van der Waals surface area contributed by atoms with Crippen LogP contribution in [0.1, 0.15) is 23.6 Å². The van der Waals surface area contributed by atoms with Crippen molar-refractivity contribution in [2.45, 2.75) is 27.3 Å². The molecule has 1 heterocycles. The number of rotatable bonds is 5. The highest BCUT2D eigenvalue weighted by atomic mass is 16.2. The molecule has 0 fully saturated rings. The third-order valence-corrected chi connectivity index (χ3v) is 4.31. The molecule has 1 amide bonds. The first kappa shape index (κ1) is 18.4. The summed E-state index contributed by atoms with van der Waals surface area (Å²) in [5.41, 5.74) is 9.01. The van der Waals surface area contributed by atoms with Crippen LogP contribution in [0.25, 0.3) is 17.0 Å². The minimum atomic E-state index is -0.333. The number of aromatic nitrogens is 2. The summed E-state index contributed by atoms with van der Waals surface area (Å²) in [7, 11) is 0. The lowest BCUT2D eigenvalue weighted by Gasteiger charge is -2.13. The fourth-order valence-corrected chi connectivity index (χ4v) is 2.89. The molecule has 2 N–H and O–H groups in total. The van der Waals surface area contributed by atoms with Crippen molar-refractivity contribution in [1.29, 1.82) is 0 Å². The van der Waals surface area contributed by atoms with Gasteiger partial charge in [0, 0.05) is 12.6 Å². The van der Waals surface area contributed by atoms with Crippen LogP contribution < -0.4 is 16.4 Å². The van der Waals surface area contributed by atoms with E-state index in [2.05, 4.69) is 21.9 Å². The fourth-order valence-electron chi connectivity index (χ4n) is 2.89. The van der Waals surface area contributed by atoms with Crippen LogP contribution in [0.4, 0.5) is 5.95 Å². The predicted molar refractivity (Wildman–Crippen MR) is 108 cm³/mol. The van der Waals surface area contributed by atoms with E-state index in [1.54, 1.807) is 24.3 Å². The molecule has 27 heavy (non-hydrogen) atoms. The lowest BCUT2D eigenvalue weighted by Crippen LogP contribution is -2.33. The van der Waals surface area contributed by atoms with Crippen LogP contribution in [0.2, 0.25) is 0 Å². The van der Waals surface area contributed by atoms with Gasteiger partial charge in [-0.15, -0.1) is 0 Å². The number of para-hydroxylation sites is 1. The van der Waals surface area contributed by atoms with Crippen LogP contribution in [0.15, 0.2) is 53.3 Å². The number of benzene rings is 2. The molecular formula is C21H22N4O2. The van der Waals surface area contributed by atoms with Gasteiger partial charge in [0.25, 0.3) is 11.5 Å². The van der Waals surface area contributed by atoms with E-state index in [1.807, 2.05) is 39.0 Å². The van der Waals surface area contributed by atoms with Gasteiger partial charge in [0.2, 0.25) is 5.95 Å². The molecule has 0 atom stereocenters. The zero-order valence-corrected chi connectivity index (χ0v) is 15.6. The Labute approximate surface area is 157 Å². The van der Waals surface area contributed by atoms with Crippen molar-refractivity contribution in [3.05, 3.63) is 75.6 Å². The van der Waals surface area contributed by atoms with Gasteiger partial charge in [0.15, 0.2) is 0 Å². The molecule has 6 nitrogen and oxygen atoms in total. The zero-order chi connectivity index (χ0) is 19.4. The molecule has 2 aromatic carbocycles. The topological polar surface area (TPSA) is 76.0 Å². The maximum atomic E-state index is 12.6. The van der Waals surface area contributed by atoms with Gasteiger partial charge in [-0.3, -0.25) is 25.0 Å². The minimum Gasteiger partial charge on any atom is -0.277 e. The van der Waals surface area contributed by atoms with Crippen LogP contribution in [0.5, 0.6) is 0 Å². The maximum absolute atomic E-state index is 12.6. The Morgan fingerprint density at radius 2 is 1.96 bits per heavy atom. The Morgan fingerprint density at radius 3 is 2.70 bits per heavy atom. The first-order chi connectivity index (χ1) is 13.0. The highest BCUT2D eigenvalue weighted by Gasteiger charge is 2.09. The summed E-state index contributed by atoms with van der Waals surface area (Å²) >= 11 is 0. The van der Waals surface area contributed by atoms with Crippen molar-refractivity contribution >= 4 is 28.8 Å². The number of amides is 1. The van der Waals surface area contributed by atoms with E-state index >= 15 is 0 Å². The predicted octanol–water partition coefficient (Wildman–Crippen LogP) is 3.19. The van der Waals surface area contributed by atoms with Gasteiger partial charge in [0.1, 0.15) is 0 Å². The highest BCUT2D eigenvalue weighted by Crippen LogP contribution is 2.12. The average Bonchev–Trinajstić information content (AvgIpc) is 2.66. The molecule has 0 saturated carbocycles. The first-order valence-corrected chi connectivity index (χ1v) is 8.80. The van der Waals surface area contributed by atoms with Crippen LogP contribution in [0.3, 0.4) is 0 Å². The fraction of sp³-hybridized carbons (Fsp3) is 0.190. The number of carbonyl (C=O) groups excluding carboxylic acids is 1. The Balaban J connectivity index is 1.77. The standard InChI is InChI=1S/C21H22N4O2/c1-4-25-20(27)17-7-5-6-8-18(17)22-21(25)24-23-19(26)12-11-16-10-9-14(2)13-15(16)3/h5-13H,4H2,1-3H3,(H,22,24)(H,23,26)/b12-11+. The number of hydrazine groups is 1. The molecule has 0 aliphatic carbocycles. The van der Waals surface area contributed by atoms with Crippen molar-refractivity contribution in [3.63, 3.8) is 0 Å². The molecule has 0 spiro atoms. The van der Waals surface area contributed by atoms with E-state index in [9.17, 15) is 9.59 Å². The van der Waals surface area contributed by atoms with E-state index < -0.39 is 0 Å². The summed E-state index contributed by atoms with van der Waals surface area (Å²) in [6.07, 6.45) is 3.20. The van der Waals surface area contributed by atoms with Gasteiger partial charge in [-0.2, -0.15) is 0 Å². The summed E-state index contributed by atoms with van der Waals surface area (Å²) in [5.74, 6) is -0.0329. The summed E-state index contributed by atoms with van der Waals surface area (Å²) < 4.78 is 1.48. The molecule has 138 valence electrons. The third-order valence-electron chi connectivity index (χ3n) is 4.31. The third kappa shape index (κ3) is 4.06. The van der Waals surface area contributed by atoms with Crippen molar-refractivity contribution in [3.8, 4) is 0 Å². The molecule has 1 aromatic heterocycles. The summed E-state index contributed by atoms with van der Waals surface area (Å²) in [6, 6.07) is 13.2.